The van der Waals surface area contributed by atoms with E-state index in [0.717, 1.165) is 12.0 Å². The molecule has 0 saturated carbocycles. The average molecular weight is 300 g/mol. The standard InChI is InChI=1S/C14H21FN2O2S/c1-10-6-11(2)17(9-10)20(18,19)14-7-12(8-16-3)4-5-13(14)15/h4-5,7,10-11,16H,6,8-9H2,1-3H3. The first kappa shape index (κ1) is 15.4. The Balaban J connectivity index is 2.41. The molecule has 0 aliphatic carbocycles. The zero-order valence-corrected chi connectivity index (χ0v) is 12.9. The molecule has 0 amide bonds. The second-order valence-corrected chi connectivity index (χ2v) is 7.42. The molecule has 1 aliphatic heterocycles. The lowest BCUT2D eigenvalue weighted by Gasteiger charge is -2.21. The van der Waals surface area contributed by atoms with Crippen LogP contribution < -0.4 is 5.32 Å². The van der Waals surface area contributed by atoms with E-state index in [1.165, 1.54) is 16.4 Å². The highest BCUT2D eigenvalue weighted by Crippen LogP contribution is 2.30. The van der Waals surface area contributed by atoms with Gasteiger partial charge in [-0.1, -0.05) is 13.0 Å². The number of benzene rings is 1. The van der Waals surface area contributed by atoms with Crippen molar-refractivity contribution in [3.05, 3.63) is 29.6 Å². The fourth-order valence-corrected chi connectivity index (χ4v) is 4.66. The van der Waals surface area contributed by atoms with Crippen LogP contribution in [0.2, 0.25) is 0 Å². The van der Waals surface area contributed by atoms with E-state index in [-0.39, 0.29) is 10.9 Å². The number of hydrogen-bond donors (Lipinski definition) is 1. The molecule has 4 nitrogen and oxygen atoms in total. The van der Waals surface area contributed by atoms with Gasteiger partial charge in [-0.3, -0.25) is 0 Å². The Bertz CT molecular complexity index is 589. The first-order valence-corrected chi connectivity index (χ1v) is 8.25. The predicted octanol–water partition coefficient (Wildman–Crippen LogP) is 1.96. The highest BCUT2D eigenvalue weighted by molar-refractivity contribution is 7.89. The molecule has 20 heavy (non-hydrogen) atoms. The van der Waals surface area contributed by atoms with Crippen molar-refractivity contribution in [3.63, 3.8) is 0 Å². The summed E-state index contributed by atoms with van der Waals surface area (Å²) in [4.78, 5) is -0.216. The van der Waals surface area contributed by atoms with Crippen LogP contribution in [-0.4, -0.2) is 32.4 Å². The molecule has 6 heteroatoms. The molecule has 1 saturated heterocycles. The lowest BCUT2D eigenvalue weighted by atomic mass is 10.1. The van der Waals surface area contributed by atoms with Gasteiger partial charge in [-0.15, -0.1) is 0 Å². The van der Waals surface area contributed by atoms with Gasteiger partial charge in [0.25, 0.3) is 0 Å². The third kappa shape index (κ3) is 2.87. The first-order valence-electron chi connectivity index (χ1n) is 6.81. The van der Waals surface area contributed by atoms with Gasteiger partial charge in [0.2, 0.25) is 10.0 Å². The monoisotopic (exact) mass is 300 g/mol. The van der Waals surface area contributed by atoms with Crippen LogP contribution in [0.1, 0.15) is 25.8 Å². The molecule has 2 rings (SSSR count). The van der Waals surface area contributed by atoms with Gasteiger partial charge in [0.1, 0.15) is 10.7 Å². The quantitative estimate of drug-likeness (QED) is 0.925. The van der Waals surface area contributed by atoms with Crippen LogP contribution in [0, 0.1) is 11.7 Å². The fraction of sp³-hybridized carbons (Fsp3) is 0.571. The fourth-order valence-electron chi connectivity index (χ4n) is 2.78. The van der Waals surface area contributed by atoms with Crippen molar-refractivity contribution in [1.29, 1.82) is 0 Å². The average Bonchev–Trinajstić information content (AvgIpc) is 2.72. The summed E-state index contributed by atoms with van der Waals surface area (Å²) in [6, 6.07) is 4.17. The van der Waals surface area contributed by atoms with Crippen molar-refractivity contribution in [2.24, 2.45) is 5.92 Å². The lowest BCUT2D eigenvalue weighted by Crippen LogP contribution is -2.34. The maximum Gasteiger partial charge on any atom is 0.246 e. The minimum absolute atomic E-state index is 0.0812. The van der Waals surface area contributed by atoms with Crippen molar-refractivity contribution >= 4 is 10.0 Å². The van der Waals surface area contributed by atoms with Gasteiger partial charge < -0.3 is 5.32 Å². The summed E-state index contributed by atoms with van der Waals surface area (Å²) in [6.07, 6.45) is 0.817. The van der Waals surface area contributed by atoms with Gasteiger partial charge in [0.05, 0.1) is 0 Å². The highest BCUT2D eigenvalue weighted by atomic mass is 32.2. The van der Waals surface area contributed by atoms with Gasteiger partial charge in [-0.05, 0) is 44.0 Å². The number of nitrogens with one attached hydrogen (secondary N) is 1. The van der Waals surface area contributed by atoms with Gasteiger partial charge in [-0.2, -0.15) is 4.31 Å². The Hall–Kier alpha value is -0.980. The van der Waals surface area contributed by atoms with E-state index in [4.69, 9.17) is 0 Å². The predicted molar refractivity (Wildman–Crippen MR) is 76.3 cm³/mol. The molecule has 1 aromatic carbocycles. The largest absolute Gasteiger partial charge is 0.316 e. The molecule has 112 valence electrons. The van der Waals surface area contributed by atoms with Crippen molar-refractivity contribution in [1.82, 2.24) is 9.62 Å². The molecule has 1 N–H and O–H groups in total. The van der Waals surface area contributed by atoms with Crippen molar-refractivity contribution in [3.8, 4) is 0 Å². The van der Waals surface area contributed by atoms with Gasteiger partial charge >= 0.3 is 0 Å². The van der Waals surface area contributed by atoms with E-state index in [0.29, 0.717) is 19.0 Å². The molecule has 0 bridgehead atoms. The van der Waals surface area contributed by atoms with Gasteiger partial charge in [0.15, 0.2) is 0 Å². The zero-order chi connectivity index (χ0) is 14.9. The minimum atomic E-state index is -3.76. The molecule has 0 aromatic heterocycles. The van der Waals surface area contributed by atoms with Crippen LogP contribution in [0.25, 0.3) is 0 Å². The third-order valence-electron chi connectivity index (χ3n) is 3.69. The summed E-state index contributed by atoms with van der Waals surface area (Å²) in [7, 11) is -2.00. The molecule has 1 aliphatic rings. The number of rotatable bonds is 4. The number of hydrogen-bond acceptors (Lipinski definition) is 3. The third-order valence-corrected chi connectivity index (χ3v) is 5.68. The second kappa shape index (κ2) is 5.79. The Kier molecular flexibility index (Phi) is 4.46. The maximum atomic E-state index is 14.0. The summed E-state index contributed by atoms with van der Waals surface area (Å²) >= 11 is 0. The molecule has 2 unspecified atom stereocenters. The second-order valence-electron chi connectivity index (χ2n) is 5.56. The van der Waals surface area contributed by atoms with E-state index < -0.39 is 15.8 Å². The van der Waals surface area contributed by atoms with Crippen molar-refractivity contribution in [2.45, 2.75) is 37.8 Å². The van der Waals surface area contributed by atoms with Gasteiger partial charge in [-0.25, -0.2) is 12.8 Å². The van der Waals surface area contributed by atoms with Crippen LogP contribution in [0.5, 0.6) is 0 Å². The summed E-state index contributed by atoms with van der Waals surface area (Å²) in [6.45, 7) is 4.85. The summed E-state index contributed by atoms with van der Waals surface area (Å²) < 4.78 is 40.6. The molecule has 1 aromatic rings. The summed E-state index contributed by atoms with van der Waals surface area (Å²) in [5.41, 5.74) is 0.757. The van der Waals surface area contributed by atoms with Crippen LogP contribution in [0.3, 0.4) is 0 Å². The smallest absolute Gasteiger partial charge is 0.246 e. The minimum Gasteiger partial charge on any atom is -0.316 e. The molecule has 2 atom stereocenters. The van der Waals surface area contributed by atoms with E-state index in [2.05, 4.69) is 5.32 Å². The van der Waals surface area contributed by atoms with E-state index >= 15 is 0 Å². The molecular formula is C14H21FN2O2S. The first-order chi connectivity index (χ1) is 9.36. The SMILES string of the molecule is CNCc1ccc(F)c(S(=O)(=O)N2CC(C)CC2C)c1. The molecule has 0 spiro atoms. The van der Waals surface area contributed by atoms with Crippen LogP contribution in [-0.2, 0) is 16.6 Å². The summed E-state index contributed by atoms with van der Waals surface area (Å²) in [5.74, 6) is -0.375. The van der Waals surface area contributed by atoms with Crippen molar-refractivity contribution < 1.29 is 12.8 Å². The van der Waals surface area contributed by atoms with Crippen LogP contribution >= 0.6 is 0 Å². The van der Waals surface area contributed by atoms with Gasteiger partial charge in [0, 0.05) is 19.1 Å². The van der Waals surface area contributed by atoms with Crippen LogP contribution in [0.15, 0.2) is 23.1 Å². The Labute approximate surface area is 120 Å². The lowest BCUT2D eigenvalue weighted by molar-refractivity contribution is 0.402. The Morgan fingerprint density at radius 3 is 2.65 bits per heavy atom. The molecule has 1 heterocycles. The number of sulfonamides is 1. The highest BCUT2D eigenvalue weighted by Gasteiger charge is 2.37. The summed E-state index contributed by atoms with van der Waals surface area (Å²) in [5, 5.41) is 2.94. The Morgan fingerprint density at radius 2 is 2.10 bits per heavy atom. The molecule has 0 radical (unpaired) electrons. The number of nitrogens with zero attached hydrogens (tertiary/aromatic N) is 1. The topological polar surface area (TPSA) is 49.4 Å². The molecular weight excluding hydrogens is 279 g/mol. The molecule has 1 fully saturated rings. The Morgan fingerprint density at radius 1 is 1.40 bits per heavy atom. The van der Waals surface area contributed by atoms with Crippen LogP contribution in [0.4, 0.5) is 4.39 Å². The maximum absolute atomic E-state index is 14.0. The number of halogens is 1. The zero-order valence-electron chi connectivity index (χ0n) is 12.1. The normalized spacial score (nSPS) is 24.2. The van der Waals surface area contributed by atoms with Crippen molar-refractivity contribution in [2.75, 3.05) is 13.6 Å². The van der Waals surface area contributed by atoms with E-state index in [1.54, 1.807) is 13.1 Å². The van der Waals surface area contributed by atoms with E-state index in [9.17, 15) is 12.8 Å². The van der Waals surface area contributed by atoms with E-state index in [1.807, 2.05) is 13.8 Å².